The highest BCUT2D eigenvalue weighted by molar-refractivity contribution is 5.91. The number of imidazole rings is 1. The van der Waals surface area contributed by atoms with Crippen LogP contribution >= 0.6 is 0 Å². The molecule has 0 saturated carbocycles. The molecule has 0 amide bonds. The summed E-state index contributed by atoms with van der Waals surface area (Å²) in [6.45, 7) is 5.13. The van der Waals surface area contributed by atoms with E-state index < -0.39 is 5.69 Å². The third kappa shape index (κ3) is 2.70. The van der Waals surface area contributed by atoms with Crippen LogP contribution in [0.2, 0.25) is 0 Å². The minimum atomic E-state index is -0.393. The number of rotatable bonds is 4. The molecule has 0 bridgehead atoms. The molecule has 0 spiro atoms. The normalized spacial score (nSPS) is 16.2. The second-order valence-corrected chi connectivity index (χ2v) is 6.99. The van der Waals surface area contributed by atoms with Crippen molar-refractivity contribution in [2.24, 2.45) is 19.2 Å². The number of anilines is 2. The van der Waals surface area contributed by atoms with E-state index in [1.807, 2.05) is 48.7 Å². The van der Waals surface area contributed by atoms with E-state index in [9.17, 15) is 9.59 Å². The predicted molar refractivity (Wildman–Crippen MR) is 110 cm³/mol. The summed E-state index contributed by atoms with van der Waals surface area (Å²) < 4.78 is 4.40. The van der Waals surface area contributed by atoms with Crippen molar-refractivity contribution < 1.29 is 0 Å². The third-order valence-corrected chi connectivity index (χ3v) is 5.20. The molecular formula is C19H23N7O2. The van der Waals surface area contributed by atoms with Gasteiger partial charge in [-0.2, -0.15) is 10.1 Å². The van der Waals surface area contributed by atoms with Gasteiger partial charge in [-0.05, 0) is 26.0 Å². The molecule has 1 atom stereocenters. The van der Waals surface area contributed by atoms with Gasteiger partial charge in [0, 0.05) is 26.3 Å². The molecule has 1 aliphatic rings. The van der Waals surface area contributed by atoms with E-state index in [0.29, 0.717) is 30.2 Å². The summed E-state index contributed by atoms with van der Waals surface area (Å²) >= 11 is 0. The fourth-order valence-electron chi connectivity index (χ4n) is 3.47. The number of aryl methyl sites for hydroxylation is 1. The molecule has 3 aromatic rings. The standard InChI is InChI=1S/C19H23N7O2/c1-12-13(2)26-15-16(23(3)19(28)24(4)17(15)27)21-18(26)25(22-12)11-10-20-14-8-6-5-7-9-14/h5-9,13,20H,10-11H2,1-4H3/t13-/m1/s1. The molecule has 1 N–H and O–H groups in total. The molecule has 9 nitrogen and oxygen atoms in total. The van der Waals surface area contributed by atoms with Gasteiger partial charge in [0.15, 0.2) is 11.2 Å². The molecule has 0 radical (unpaired) electrons. The van der Waals surface area contributed by atoms with Crippen LogP contribution in [0.25, 0.3) is 11.2 Å². The highest BCUT2D eigenvalue weighted by Gasteiger charge is 2.30. The highest BCUT2D eigenvalue weighted by Crippen LogP contribution is 2.29. The zero-order chi connectivity index (χ0) is 20.0. The van der Waals surface area contributed by atoms with Crippen molar-refractivity contribution in [3.63, 3.8) is 0 Å². The Balaban J connectivity index is 1.75. The Bertz CT molecular complexity index is 1190. The lowest BCUT2D eigenvalue weighted by molar-refractivity contribution is 0.638. The molecule has 0 saturated heterocycles. The van der Waals surface area contributed by atoms with Crippen LogP contribution in [0.15, 0.2) is 45.0 Å². The average Bonchev–Trinajstić information content (AvgIpc) is 3.10. The van der Waals surface area contributed by atoms with E-state index in [1.54, 1.807) is 12.1 Å². The first kappa shape index (κ1) is 18.0. The Morgan fingerprint density at radius 2 is 1.82 bits per heavy atom. The highest BCUT2D eigenvalue weighted by atomic mass is 16.2. The number of nitrogens with zero attached hydrogens (tertiary/aromatic N) is 6. The Kier molecular flexibility index (Phi) is 4.29. The molecule has 1 aliphatic heterocycles. The maximum Gasteiger partial charge on any atom is 0.332 e. The van der Waals surface area contributed by atoms with Crippen LogP contribution in [0.4, 0.5) is 11.6 Å². The maximum absolute atomic E-state index is 12.8. The van der Waals surface area contributed by atoms with Crippen LogP contribution in [0, 0.1) is 0 Å². The van der Waals surface area contributed by atoms with Crippen molar-refractivity contribution in [3.8, 4) is 0 Å². The molecular weight excluding hydrogens is 358 g/mol. The lowest BCUT2D eigenvalue weighted by atomic mass is 10.2. The number of para-hydroxylation sites is 1. The summed E-state index contributed by atoms with van der Waals surface area (Å²) in [6.07, 6.45) is 0. The average molecular weight is 381 g/mol. The molecule has 0 aliphatic carbocycles. The SMILES string of the molecule is CC1=NN(CCNc2ccccc2)c2nc3c(c(=O)n(C)c(=O)n3C)n2[C@@H]1C. The lowest BCUT2D eigenvalue weighted by Gasteiger charge is -2.29. The molecule has 4 rings (SSSR count). The molecule has 3 heterocycles. The molecule has 0 fully saturated rings. The zero-order valence-electron chi connectivity index (χ0n) is 16.4. The monoisotopic (exact) mass is 381 g/mol. The fourth-order valence-corrected chi connectivity index (χ4v) is 3.47. The van der Waals surface area contributed by atoms with Gasteiger partial charge in [-0.1, -0.05) is 18.2 Å². The van der Waals surface area contributed by atoms with Crippen molar-refractivity contribution >= 4 is 28.5 Å². The van der Waals surface area contributed by atoms with Crippen molar-refractivity contribution in [3.05, 3.63) is 51.2 Å². The fraction of sp³-hybridized carbons (Fsp3) is 0.368. The van der Waals surface area contributed by atoms with Gasteiger partial charge in [0.25, 0.3) is 5.56 Å². The van der Waals surface area contributed by atoms with Crippen LogP contribution in [0.5, 0.6) is 0 Å². The summed E-state index contributed by atoms with van der Waals surface area (Å²) in [5.41, 5.74) is 1.96. The number of nitrogens with one attached hydrogen (secondary N) is 1. The first-order valence-electron chi connectivity index (χ1n) is 9.19. The second kappa shape index (κ2) is 6.66. The molecule has 146 valence electrons. The van der Waals surface area contributed by atoms with Crippen LogP contribution in [0.1, 0.15) is 19.9 Å². The van der Waals surface area contributed by atoms with Gasteiger partial charge in [0.2, 0.25) is 5.95 Å². The summed E-state index contributed by atoms with van der Waals surface area (Å²) in [4.78, 5) is 29.7. The maximum atomic E-state index is 12.8. The van der Waals surface area contributed by atoms with Crippen LogP contribution < -0.4 is 21.6 Å². The Hall–Kier alpha value is -3.36. The Morgan fingerprint density at radius 1 is 1.11 bits per heavy atom. The van der Waals surface area contributed by atoms with Crippen molar-refractivity contribution in [2.45, 2.75) is 19.9 Å². The number of hydrogen-bond acceptors (Lipinski definition) is 6. The van der Waals surface area contributed by atoms with Gasteiger partial charge in [-0.3, -0.25) is 18.5 Å². The number of fused-ring (bicyclic) bond motifs is 3. The van der Waals surface area contributed by atoms with Gasteiger partial charge < -0.3 is 5.32 Å². The first-order valence-corrected chi connectivity index (χ1v) is 9.19. The molecule has 28 heavy (non-hydrogen) atoms. The molecule has 2 aromatic heterocycles. The van der Waals surface area contributed by atoms with Crippen molar-refractivity contribution in [2.75, 3.05) is 23.4 Å². The predicted octanol–water partition coefficient (Wildman–Crippen LogP) is 1.30. The van der Waals surface area contributed by atoms with Gasteiger partial charge in [-0.15, -0.1) is 0 Å². The summed E-state index contributed by atoms with van der Waals surface area (Å²) in [5, 5.41) is 9.81. The number of hydrazone groups is 1. The van der Waals surface area contributed by atoms with Crippen molar-refractivity contribution in [1.29, 1.82) is 0 Å². The molecule has 1 aromatic carbocycles. The lowest BCUT2D eigenvalue weighted by Crippen LogP contribution is -2.39. The first-order chi connectivity index (χ1) is 13.4. The van der Waals surface area contributed by atoms with Crippen molar-refractivity contribution in [1.82, 2.24) is 18.7 Å². The van der Waals surface area contributed by atoms with Crippen LogP contribution in [0.3, 0.4) is 0 Å². The van der Waals surface area contributed by atoms with Gasteiger partial charge >= 0.3 is 5.69 Å². The topological polar surface area (TPSA) is 89.5 Å². The van der Waals surface area contributed by atoms with Gasteiger partial charge in [0.1, 0.15) is 0 Å². The van der Waals surface area contributed by atoms with E-state index in [2.05, 4.69) is 15.4 Å². The minimum Gasteiger partial charge on any atom is -0.383 e. The number of hydrogen-bond donors (Lipinski definition) is 1. The second-order valence-electron chi connectivity index (χ2n) is 6.99. The largest absolute Gasteiger partial charge is 0.383 e. The van der Waals surface area contributed by atoms with E-state index in [0.717, 1.165) is 16.0 Å². The molecule has 0 unspecified atom stereocenters. The van der Waals surface area contributed by atoms with Crippen LogP contribution in [-0.4, -0.2) is 37.5 Å². The third-order valence-electron chi connectivity index (χ3n) is 5.20. The minimum absolute atomic E-state index is 0.122. The number of benzene rings is 1. The van der Waals surface area contributed by atoms with E-state index in [-0.39, 0.29) is 11.6 Å². The van der Waals surface area contributed by atoms with Crippen LogP contribution in [-0.2, 0) is 14.1 Å². The smallest absolute Gasteiger partial charge is 0.332 e. The van der Waals surface area contributed by atoms with E-state index in [4.69, 9.17) is 0 Å². The zero-order valence-corrected chi connectivity index (χ0v) is 16.4. The number of aromatic nitrogens is 4. The summed E-state index contributed by atoms with van der Waals surface area (Å²) in [5.74, 6) is 0.571. The van der Waals surface area contributed by atoms with Gasteiger partial charge in [0.05, 0.1) is 18.3 Å². The van der Waals surface area contributed by atoms with E-state index >= 15 is 0 Å². The Morgan fingerprint density at radius 3 is 2.54 bits per heavy atom. The Labute approximate surface area is 161 Å². The quantitative estimate of drug-likeness (QED) is 0.736. The summed E-state index contributed by atoms with van der Waals surface area (Å²) in [7, 11) is 3.11. The summed E-state index contributed by atoms with van der Waals surface area (Å²) in [6, 6.07) is 9.80. The van der Waals surface area contributed by atoms with E-state index in [1.165, 1.54) is 11.6 Å². The molecule has 9 heteroatoms. The van der Waals surface area contributed by atoms with Gasteiger partial charge in [-0.25, -0.2) is 9.80 Å².